The van der Waals surface area contributed by atoms with Crippen molar-refractivity contribution < 1.29 is 9.53 Å². The number of methoxy groups -OCH3 is 1. The van der Waals surface area contributed by atoms with Gasteiger partial charge in [-0.2, -0.15) is 0 Å². The highest BCUT2D eigenvalue weighted by Crippen LogP contribution is 2.25. The molecule has 0 aliphatic carbocycles. The number of ether oxygens (including phenoxy) is 1. The molecule has 0 amide bonds. The number of benzene rings is 1. The molecule has 1 N–H and O–H groups in total. The fourth-order valence-electron chi connectivity index (χ4n) is 1.63. The zero-order valence-electron chi connectivity index (χ0n) is 11.1. The second-order valence-electron chi connectivity index (χ2n) is 4.43. The zero-order chi connectivity index (χ0) is 13.8. The summed E-state index contributed by atoms with van der Waals surface area (Å²) in [6.07, 6.45) is 1.52. The first-order valence-corrected chi connectivity index (χ1v) is 6.83. The molecule has 0 saturated carbocycles. The summed E-state index contributed by atoms with van der Waals surface area (Å²) in [5, 5.41) is 3.88. The highest BCUT2D eigenvalue weighted by molar-refractivity contribution is 7.17. The van der Waals surface area contributed by atoms with Crippen LogP contribution in [0.3, 0.4) is 0 Å². The molecule has 5 heteroatoms. The topological polar surface area (TPSA) is 51.2 Å². The van der Waals surface area contributed by atoms with Crippen molar-refractivity contribution in [2.24, 2.45) is 0 Å². The predicted molar refractivity (Wildman–Crippen MR) is 77.3 cm³/mol. The summed E-state index contributed by atoms with van der Waals surface area (Å²) in [4.78, 5) is 16.0. The maximum Gasteiger partial charge on any atom is 0.349 e. The van der Waals surface area contributed by atoms with Crippen LogP contribution in [-0.4, -0.2) is 18.1 Å². The fourth-order valence-corrected chi connectivity index (χ4v) is 2.38. The number of anilines is 2. The summed E-state index contributed by atoms with van der Waals surface area (Å²) in [6, 6.07) is 8.17. The first-order chi connectivity index (χ1) is 9.10. The van der Waals surface area contributed by atoms with Crippen molar-refractivity contribution in [1.82, 2.24) is 4.98 Å². The summed E-state index contributed by atoms with van der Waals surface area (Å²) in [7, 11) is 1.36. The molecule has 1 aromatic carbocycles. The predicted octanol–water partition coefficient (Wildman–Crippen LogP) is 3.80. The molecule has 0 aliphatic rings. The van der Waals surface area contributed by atoms with Crippen LogP contribution in [-0.2, 0) is 4.74 Å². The van der Waals surface area contributed by atoms with Gasteiger partial charge < -0.3 is 10.1 Å². The van der Waals surface area contributed by atoms with Gasteiger partial charge in [-0.25, -0.2) is 9.78 Å². The van der Waals surface area contributed by atoms with Gasteiger partial charge in [-0.15, -0.1) is 0 Å². The van der Waals surface area contributed by atoms with Gasteiger partial charge in [0.1, 0.15) is 4.88 Å². The molecule has 0 saturated heterocycles. The Bertz CT molecular complexity index is 578. The molecule has 2 rings (SSSR count). The first kappa shape index (κ1) is 13.5. The average molecular weight is 276 g/mol. The van der Waals surface area contributed by atoms with E-state index in [4.69, 9.17) is 0 Å². The van der Waals surface area contributed by atoms with E-state index in [1.165, 1.54) is 30.2 Å². The molecule has 2 aromatic rings. The van der Waals surface area contributed by atoms with Crippen LogP contribution in [0.4, 0.5) is 10.8 Å². The van der Waals surface area contributed by atoms with Crippen LogP contribution >= 0.6 is 11.3 Å². The second-order valence-corrected chi connectivity index (χ2v) is 5.46. The molecule has 0 fully saturated rings. The van der Waals surface area contributed by atoms with E-state index in [1.807, 2.05) is 12.1 Å². The molecule has 1 aromatic heterocycles. The highest BCUT2D eigenvalue weighted by Gasteiger charge is 2.10. The first-order valence-electron chi connectivity index (χ1n) is 6.01. The number of carbonyl (C=O) groups is 1. The van der Waals surface area contributed by atoms with Gasteiger partial charge in [-0.05, 0) is 23.6 Å². The molecule has 100 valence electrons. The Balaban J connectivity index is 2.15. The van der Waals surface area contributed by atoms with Gasteiger partial charge in [0.15, 0.2) is 5.13 Å². The van der Waals surface area contributed by atoms with Crippen LogP contribution in [0.2, 0.25) is 0 Å². The summed E-state index contributed by atoms with van der Waals surface area (Å²) in [6.45, 7) is 4.30. The van der Waals surface area contributed by atoms with E-state index in [1.54, 1.807) is 0 Å². The Kier molecular flexibility index (Phi) is 4.16. The number of hydrogen-bond acceptors (Lipinski definition) is 5. The molecule has 1 heterocycles. The highest BCUT2D eigenvalue weighted by atomic mass is 32.1. The van der Waals surface area contributed by atoms with Crippen molar-refractivity contribution in [3.63, 3.8) is 0 Å². The lowest BCUT2D eigenvalue weighted by atomic mass is 10.0. The minimum absolute atomic E-state index is 0.360. The molecular weight excluding hydrogens is 260 g/mol. The van der Waals surface area contributed by atoms with Gasteiger partial charge in [0, 0.05) is 5.69 Å². The zero-order valence-corrected chi connectivity index (χ0v) is 12.0. The van der Waals surface area contributed by atoms with Gasteiger partial charge in [-0.1, -0.05) is 37.3 Å². The minimum atomic E-state index is -0.360. The summed E-state index contributed by atoms with van der Waals surface area (Å²) >= 11 is 1.28. The summed E-state index contributed by atoms with van der Waals surface area (Å²) in [5.41, 5.74) is 2.23. The van der Waals surface area contributed by atoms with E-state index in [-0.39, 0.29) is 5.97 Å². The number of carbonyl (C=O) groups excluding carboxylic acids is 1. The van der Waals surface area contributed by atoms with Crippen molar-refractivity contribution in [2.45, 2.75) is 19.8 Å². The Morgan fingerprint density at radius 1 is 1.42 bits per heavy atom. The maximum absolute atomic E-state index is 11.3. The largest absolute Gasteiger partial charge is 0.465 e. The van der Waals surface area contributed by atoms with E-state index in [0.717, 1.165) is 5.69 Å². The third-order valence-electron chi connectivity index (χ3n) is 2.70. The van der Waals surface area contributed by atoms with Crippen LogP contribution in [0.15, 0.2) is 30.5 Å². The second kappa shape index (κ2) is 5.84. The van der Waals surface area contributed by atoms with Gasteiger partial charge in [0.05, 0.1) is 13.3 Å². The van der Waals surface area contributed by atoms with Crippen molar-refractivity contribution >= 4 is 28.1 Å². The monoisotopic (exact) mass is 276 g/mol. The van der Waals surface area contributed by atoms with Crippen molar-refractivity contribution in [2.75, 3.05) is 12.4 Å². The number of nitrogens with one attached hydrogen (secondary N) is 1. The molecular formula is C14H16N2O2S. The molecule has 0 atom stereocenters. The Hall–Kier alpha value is -1.88. The number of aromatic nitrogens is 1. The number of hydrogen-bond donors (Lipinski definition) is 1. The van der Waals surface area contributed by atoms with Gasteiger partial charge >= 0.3 is 5.97 Å². The van der Waals surface area contributed by atoms with E-state index < -0.39 is 0 Å². The molecule has 0 unspecified atom stereocenters. The van der Waals surface area contributed by atoms with Crippen molar-refractivity contribution in [3.05, 3.63) is 40.9 Å². The Morgan fingerprint density at radius 3 is 2.89 bits per heavy atom. The van der Waals surface area contributed by atoms with Crippen LogP contribution in [0.1, 0.15) is 35.0 Å². The summed E-state index contributed by atoms with van der Waals surface area (Å²) < 4.78 is 4.65. The maximum atomic E-state index is 11.3. The van der Waals surface area contributed by atoms with E-state index in [9.17, 15) is 4.79 Å². The SMILES string of the molecule is COC(=O)c1cnc(Nc2cccc(C(C)C)c2)s1. The number of esters is 1. The molecule has 19 heavy (non-hydrogen) atoms. The van der Waals surface area contributed by atoms with Gasteiger partial charge in [-0.3, -0.25) is 0 Å². The molecule has 0 aliphatic heterocycles. The van der Waals surface area contributed by atoms with E-state index in [0.29, 0.717) is 15.9 Å². The van der Waals surface area contributed by atoms with E-state index >= 15 is 0 Å². The van der Waals surface area contributed by atoms with Crippen molar-refractivity contribution in [3.8, 4) is 0 Å². The molecule has 0 spiro atoms. The summed E-state index contributed by atoms with van der Waals surface area (Å²) in [5.74, 6) is 0.116. The van der Waals surface area contributed by atoms with Gasteiger partial charge in [0.2, 0.25) is 0 Å². The number of nitrogens with zero attached hydrogens (tertiary/aromatic N) is 1. The number of rotatable bonds is 4. The van der Waals surface area contributed by atoms with Crippen LogP contribution in [0, 0.1) is 0 Å². The fraction of sp³-hybridized carbons (Fsp3) is 0.286. The lowest BCUT2D eigenvalue weighted by Crippen LogP contribution is -1.96. The van der Waals surface area contributed by atoms with E-state index in [2.05, 4.69) is 41.0 Å². The van der Waals surface area contributed by atoms with Gasteiger partial charge in [0.25, 0.3) is 0 Å². The minimum Gasteiger partial charge on any atom is -0.465 e. The number of thiazole rings is 1. The van der Waals surface area contributed by atoms with Crippen LogP contribution in [0.5, 0.6) is 0 Å². The average Bonchev–Trinajstić information content (AvgIpc) is 2.86. The standard InChI is InChI=1S/C14H16N2O2S/c1-9(2)10-5-4-6-11(7-10)16-14-15-8-12(19-14)13(17)18-3/h4-9H,1-3H3,(H,15,16). The smallest absolute Gasteiger partial charge is 0.349 e. The van der Waals surface area contributed by atoms with Crippen molar-refractivity contribution in [1.29, 1.82) is 0 Å². The normalized spacial score (nSPS) is 10.5. The lowest BCUT2D eigenvalue weighted by Gasteiger charge is -2.08. The third-order valence-corrected chi connectivity index (χ3v) is 3.59. The molecule has 4 nitrogen and oxygen atoms in total. The lowest BCUT2D eigenvalue weighted by molar-refractivity contribution is 0.0606. The third kappa shape index (κ3) is 3.32. The molecule has 0 radical (unpaired) electrons. The van der Waals surface area contributed by atoms with Crippen LogP contribution in [0.25, 0.3) is 0 Å². The Morgan fingerprint density at radius 2 is 2.21 bits per heavy atom. The van der Waals surface area contributed by atoms with Crippen LogP contribution < -0.4 is 5.32 Å². The molecule has 0 bridgehead atoms. The quantitative estimate of drug-likeness (QED) is 0.863. The Labute approximate surface area is 116 Å².